The van der Waals surface area contributed by atoms with Crippen LogP contribution in [-0.4, -0.2) is 22.0 Å². The van der Waals surface area contributed by atoms with Crippen LogP contribution in [0.4, 0.5) is 5.69 Å². The third kappa shape index (κ3) is 2.67. The standard InChI is InChI=1S/C15H17ClN2S/c1-10-13(5-3-9-19-10)18-14-7-6-12(16)11-4-2-8-17-15(11)14/h2,4,6-8,10,13,18H,3,5,9H2,1H3. The maximum Gasteiger partial charge on any atom is 0.0948 e. The number of hydrogen-bond donors (Lipinski definition) is 1. The minimum absolute atomic E-state index is 0.519. The molecule has 19 heavy (non-hydrogen) atoms. The van der Waals surface area contributed by atoms with E-state index in [2.05, 4.69) is 17.2 Å². The SMILES string of the molecule is CC1SCCCC1Nc1ccc(Cl)c2cccnc12. The van der Waals surface area contributed by atoms with E-state index in [1.54, 1.807) is 0 Å². The fourth-order valence-corrected chi connectivity index (χ4v) is 3.92. The summed E-state index contributed by atoms with van der Waals surface area (Å²) in [5.41, 5.74) is 2.07. The highest BCUT2D eigenvalue weighted by Gasteiger charge is 2.22. The monoisotopic (exact) mass is 292 g/mol. The van der Waals surface area contributed by atoms with Gasteiger partial charge in [-0.2, -0.15) is 11.8 Å². The molecular weight excluding hydrogens is 276 g/mol. The van der Waals surface area contributed by atoms with Gasteiger partial charge >= 0.3 is 0 Å². The Bertz CT molecular complexity index is 587. The predicted octanol–water partition coefficient (Wildman–Crippen LogP) is 4.58. The molecule has 0 aliphatic carbocycles. The van der Waals surface area contributed by atoms with E-state index in [1.807, 2.05) is 42.2 Å². The summed E-state index contributed by atoms with van der Waals surface area (Å²) in [6, 6.07) is 8.47. The Morgan fingerprint density at radius 2 is 2.26 bits per heavy atom. The van der Waals surface area contributed by atoms with Gasteiger partial charge in [0.05, 0.1) is 16.2 Å². The van der Waals surface area contributed by atoms with Crippen molar-refractivity contribution in [2.45, 2.75) is 31.1 Å². The highest BCUT2D eigenvalue weighted by atomic mass is 35.5. The fraction of sp³-hybridized carbons (Fsp3) is 0.400. The van der Waals surface area contributed by atoms with E-state index >= 15 is 0 Å². The van der Waals surface area contributed by atoms with Gasteiger partial charge in [-0.05, 0) is 42.9 Å². The van der Waals surface area contributed by atoms with Crippen LogP contribution in [-0.2, 0) is 0 Å². The summed E-state index contributed by atoms with van der Waals surface area (Å²) in [6.07, 6.45) is 4.33. The number of nitrogens with one attached hydrogen (secondary N) is 1. The van der Waals surface area contributed by atoms with Gasteiger partial charge < -0.3 is 5.32 Å². The molecule has 2 atom stereocenters. The van der Waals surface area contributed by atoms with Gasteiger partial charge in [0.2, 0.25) is 0 Å². The Kier molecular flexibility index (Phi) is 3.85. The Morgan fingerprint density at radius 1 is 1.37 bits per heavy atom. The number of benzene rings is 1. The molecule has 0 spiro atoms. The number of aromatic nitrogens is 1. The molecule has 2 aromatic rings. The third-order valence-corrected chi connectivity index (χ3v) is 5.37. The van der Waals surface area contributed by atoms with Crippen molar-refractivity contribution in [1.29, 1.82) is 0 Å². The number of fused-ring (bicyclic) bond motifs is 1. The smallest absolute Gasteiger partial charge is 0.0948 e. The zero-order valence-corrected chi connectivity index (χ0v) is 12.5. The van der Waals surface area contributed by atoms with E-state index in [4.69, 9.17) is 11.6 Å². The number of hydrogen-bond acceptors (Lipinski definition) is 3. The molecule has 4 heteroatoms. The summed E-state index contributed by atoms with van der Waals surface area (Å²) in [6.45, 7) is 2.30. The molecule has 0 amide bonds. The van der Waals surface area contributed by atoms with E-state index in [-0.39, 0.29) is 0 Å². The number of pyridine rings is 1. The van der Waals surface area contributed by atoms with Crippen LogP contribution in [0.1, 0.15) is 19.8 Å². The van der Waals surface area contributed by atoms with Gasteiger partial charge in [-0.15, -0.1) is 0 Å². The first-order chi connectivity index (χ1) is 9.25. The zero-order chi connectivity index (χ0) is 13.2. The van der Waals surface area contributed by atoms with E-state index in [0.29, 0.717) is 11.3 Å². The number of rotatable bonds is 2. The Hall–Kier alpha value is -0.930. The minimum atomic E-state index is 0.519. The third-order valence-electron chi connectivity index (χ3n) is 3.66. The number of nitrogens with zero attached hydrogens (tertiary/aromatic N) is 1. The highest BCUT2D eigenvalue weighted by Crippen LogP contribution is 2.32. The van der Waals surface area contributed by atoms with Crippen LogP contribution in [0.15, 0.2) is 30.5 Å². The quantitative estimate of drug-likeness (QED) is 0.877. The molecule has 0 bridgehead atoms. The van der Waals surface area contributed by atoms with Crippen LogP contribution in [0.2, 0.25) is 5.02 Å². The molecule has 2 unspecified atom stereocenters. The molecule has 1 N–H and O–H groups in total. The topological polar surface area (TPSA) is 24.9 Å². The van der Waals surface area contributed by atoms with Crippen molar-refractivity contribution in [1.82, 2.24) is 4.98 Å². The first kappa shape index (κ1) is 13.1. The Balaban J connectivity index is 1.94. The van der Waals surface area contributed by atoms with Crippen LogP contribution >= 0.6 is 23.4 Å². The van der Waals surface area contributed by atoms with E-state index in [0.717, 1.165) is 21.6 Å². The normalized spacial score (nSPS) is 23.5. The molecule has 1 aromatic carbocycles. The molecule has 1 saturated heterocycles. The average molecular weight is 293 g/mol. The molecule has 2 heterocycles. The second kappa shape index (κ2) is 5.59. The zero-order valence-electron chi connectivity index (χ0n) is 10.9. The second-order valence-corrected chi connectivity index (χ2v) is 6.86. The molecule has 1 aromatic heterocycles. The molecule has 2 nitrogen and oxygen atoms in total. The number of anilines is 1. The van der Waals surface area contributed by atoms with E-state index in [1.165, 1.54) is 18.6 Å². The van der Waals surface area contributed by atoms with Crippen molar-refractivity contribution in [2.24, 2.45) is 0 Å². The molecule has 1 aliphatic rings. The lowest BCUT2D eigenvalue weighted by Gasteiger charge is -2.30. The van der Waals surface area contributed by atoms with Crippen molar-refractivity contribution in [3.05, 3.63) is 35.5 Å². The summed E-state index contributed by atoms with van der Waals surface area (Å²) in [5.74, 6) is 1.28. The molecule has 0 saturated carbocycles. The van der Waals surface area contributed by atoms with Gasteiger partial charge in [0.1, 0.15) is 0 Å². The van der Waals surface area contributed by atoms with Crippen molar-refractivity contribution in [3.63, 3.8) is 0 Å². The summed E-state index contributed by atoms with van der Waals surface area (Å²) in [7, 11) is 0. The van der Waals surface area contributed by atoms with Crippen molar-refractivity contribution in [3.8, 4) is 0 Å². The first-order valence-corrected chi connectivity index (χ1v) is 8.10. The highest BCUT2D eigenvalue weighted by molar-refractivity contribution is 8.00. The largest absolute Gasteiger partial charge is 0.379 e. The maximum absolute atomic E-state index is 6.23. The maximum atomic E-state index is 6.23. The Labute approximate surface area is 122 Å². The summed E-state index contributed by atoms with van der Waals surface area (Å²) >= 11 is 8.27. The number of thioether (sulfide) groups is 1. The van der Waals surface area contributed by atoms with Crippen LogP contribution in [0.25, 0.3) is 10.9 Å². The van der Waals surface area contributed by atoms with E-state index < -0.39 is 0 Å². The molecule has 3 rings (SSSR count). The van der Waals surface area contributed by atoms with Crippen molar-refractivity contribution < 1.29 is 0 Å². The van der Waals surface area contributed by atoms with Crippen LogP contribution in [0.3, 0.4) is 0 Å². The Morgan fingerprint density at radius 3 is 3.11 bits per heavy atom. The molecule has 1 fully saturated rings. The van der Waals surface area contributed by atoms with Gasteiger partial charge in [-0.25, -0.2) is 0 Å². The van der Waals surface area contributed by atoms with Gasteiger partial charge in [0, 0.05) is 22.9 Å². The lowest BCUT2D eigenvalue weighted by Crippen LogP contribution is -2.32. The summed E-state index contributed by atoms with van der Waals surface area (Å²) < 4.78 is 0. The molecule has 100 valence electrons. The second-order valence-electron chi connectivity index (χ2n) is 4.96. The van der Waals surface area contributed by atoms with E-state index in [9.17, 15) is 0 Å². The summed E-state index contributed by atoms with van der Waals surface area (Å²) in [5, 5.41) is 6.08. The van der Waals surface area contributed by atoms with Crippen LogP contribution in [0, 0.1) is 0 Å². The van der Waals surface area contributed by atoms with Gasteiger partial charge in [-0.1, -0.05) is 18.5 Å². The van der Waals surface area contributed by atoms with Gasteiger partial charge in [0.15, 0.2) is 0 Å². The fourth-order valence-electron chi connectivity index (χ4n) is 2.57. The average Bonchev–Trinajstić information content (AvgIpc) is 2.44. The molecule has 1 aliphatic heterocycles. The molecule has 0 radical (unpaired) electrons. The van der Waals surface area contributed by atoms with Gasteiger partial charge in [-0.3, -0.25) is 4.98 Å². The summed E-state index contributed by atoms with van der Waals surface area (Å²) in [4.78, 5) is 4.48. The van der Waals surface area contributed by atoms with Crippen molar-refractivity contribution in [2.75, 3.05) is 11.1 Å². The van der Waals surface area contributed by atoms with Crippen LogP contribution < -0.4 is 5.32 Å². The van der Waals surface area contributed by atoms with Crippen molar-refractivity contribution >= 4 is 40.0 Å². The predicted molar refractivity (Wildman–Crippen MR) is 85.3 cm³/mol. The number of halogens is 1. The molecular formula is C15H17ClN2S. The van der Waals surface area contributed by atoms with Crippen LogP contribution in [0.5, 0.6) is 0 Å². The lowest BCUT2D eigenvalue weighted by atomic mass is 10.1. The first-order valence-electron chi connectivity index (χ1n) is 6.67. The van der Waals surface area contributed by atoms with Gasteiger partial charge in [0.25, 0.3) is 0 Å². The lowest BCUT2D eigenvalue weighted by molar-refractivity contribution is 0.618. The minimum Gasteiger partial charge on any atom is -0.379 e.